The molecule has 0 bridgehead atoms. The third-order valence-electron chi connectivity index (χ3n) is 5.38. The van der Waals surface area contributed by atoms with Crippen molar-refractivity contribution in [3.8, 4) is 0 Å². The molecule has 0 atom stereocenters. The smallest absolute Gasteiger partial charge is 0.408 e. The zero-order valence-electron chi connectivity index (χ0n) is 20.1. The van der Waals surface area contributed by atoms with E-state index in [1.54, 1.807) is 0 Å². The summed E-state index contributed by atoms with van der Waals surface area (Å²) in [6, 6.07) is 0. The predicted molar refractivity (Wildman–Crippen MR) is 119 cm³/mol. The molecular weight excluding hydrogens is 396 g/mol. The van der Waals surface area contributed by atoms with Crippen LogP contribution in [0.3, 0.4) is 0 Å². The van der Waals surface area contributed by atoms with E-state index < -0.39 is 17.2 Å². The van der Waals surface area contributed by atoms with Crippen LogP contribution in [0.2, 0.25) is 0 Å². The van der Waals surface area contributed by atoms with Gasteiger partial charge >= 0.3 is 6.09 Å². The maximum Gasteiger partial charge on any atom is 0.408 e. The zero-order valence-corrected chi connectivity index (χ0v) is 20.1. The van der Waals surface area contributed by atoms with E-state index in [4.69, 9.17) is 9.26 Å². The average molecular weight is 437 g/mol. The van der Waals surface area contributed by atoms with Gasteiger partial charge in [0.25, 0.3) is 0 Å². The van der Waals surface area contributed by atoms with Crippen molar-refractivity contribution in [1.82, 2.24) is 20.8 Å². The van der Waals surface area contributed by atoms with Gasteiger partial charge in [0.2, 0.25) is 11.8 Å². The van der Waals surface area contributed by atoms with Gasteiger partial charge < -0.3 is 19.9 Å². The third-order valence-corrected chi connectivity index (χ3v) is 5.38. The first-order valence-corrected chi connectivity index (χ1v) is 11.5. The molecule has 0 aliphatic heterocycles. The highest BCUT2D eigenvalue weighted by molar-refractivity contribution is 5.76. The van der Waals surface area contributed by atoms with Gasteiger partial charge in [-0.15, -0.1) is 0 Å². The van der Waals surface area contributed by atoms with Crippen LogP contribution in [0.5, 0.6) is 0 Å². The molecule has 8 heteroatoms. The van der Waals surface area contributed by atoms with Crippen LogP contribution in [0.1, 0.15) is 105 Å². The minimum Gasteiger partial charge on any atom is -0.444 e. The topological polar surface area (TPSA) is 106 Å². The van der Waals surface area contributed by atoms with Gasteiger partial charge in [-0.2, -0.15) is 4.98 Å². The molecule has 0 saturated heterocycles. The first-order valence-electron chi connectivity index (χ1n) is 11.5. The van der Waals surface area contributed by atoms with Gasteiger partial charge in [0.05, 0.1) is 5.54 Å². The average Bonchev–Trinajstić information content (AvgIpc) is 2.99. The number of ether oxygens (including phenoxy) is 1. The Morgan fingerprint density at radius 2 is 1.71 bits per heavy atom. The summed E-state index contributed by atoms with van der Waals surface area (Å²) in [7, 11) is 0. The van der Waals surface area contributed by atoms with Crippen molar-refractivity contribution in [3.63, 3.8) is 0 Å². The van der Waals surface area contributed by atoms with Crippen LogP contribution in [-0.2, 0) is 21.4 Å². The summed E-state index contributed by atoms with van der Waals surface area (Å²) in [5.41, 5.74) is -1.17. The zero-order chi connectivity index (χ0) is 23.1. The standard InChI is InChI=1S/C23H40N4O4/c1-21(2,3)19-25-18(31-27-19)13-11-12-17(28)24-16-23(14-9-7-8-10-15-23)26-20(29)30-22(4,5)6/h7-16H2,1-6H3,(H,24,28)(H,26,29). The second kappa shape index (κ2) is 10.5. The highest BCUT2D eigenvalue weighted by Crippen LogP contribution is 2.27. The number of aromatic nitrogens is 2. The second-order valence-electron chi connectivity index (χ2n) is 10.7. The van der Waals surface area contributed by atoms with E-state index in [1.807, 2.05) is 41.5 Å². The number of rotatable bonds is 7. The summed E-state index contributed by atoms with van der Waals surface area (Å²) in [4.78, 5) is 29.3. The first kappa shape index (κ1) is 25.1. The fourth-order valence-electron chi connectivity index (χ4n) is 3.69. The summed E-state index contributed by atoms with van der Waals surface area (Å²) in [6.45, 7) is 12.1. The number of carbonyl (C=O) groups is 2. The van der Waals surface area contributed by atoms with Crippen LogP contribution in [0.15, 0.2) is 4.52 Å². The Bertz CT molecular complexity index is 723. The highest BCUT2D eigenvalue weighted by Gasteiger charge is 2.34. The molecule has 1 aliphatic rings. The van der Waals surface area contributed by atoms with Gasteiger partial charge in [-0.05, 0) is 40.0 Å². The van der Waals surface area contributed by atoms with Gasteiger partial charge in [0.1, 0.15) is 5.60 Å². The van der Waals surface area contributed by atoms with E-state index >= 15 is 0 Å². The number of hydrogen-bond acceptors (Lipinski definition) is 6. The van der Waals surface area contributed by atoms with Gasteiger partial charge in [-0.3, -0.25) is 4.79 Å². The van der Waals surface area contributed by atoms with E-state index in [0.29, 0.717) is 37.5 Å². The fourth-order valence-corrected chi connectivity index (χ4v) is 3.69. The molecule has 1 aliphatic carbocycles. The molecule has 0 unspecified atom stereocenters. The number of aryl methyl sites for hydroxylation is 1. The fraction of sp³-hybridized carbons (Fsp3) is 0.826. The normalized spacial score (nSPS) is 17.0. The van der Waals surface area contributed by atoms with E-state index in [0.717, 1.165) is 38.5 Å². The molecule has 0 aromatic carbocycles. The SMILES string of the molecule is CC(C)(C)OC(=O)NC1(CNC(=O)CCCc2nc(C(C)(C)C)no2)CCCCCC1. The van der Waals surface area contributed by atoms with Crippen molar-refractivity contribution in [1.29, 1.82) is 0 Å². The molecule has 1 aromatic heterocycles. The predicted octanol–water partition coefficient (Wildman–Crippen LogP) is 4.42. The summed E-state index contributed by atoms with van der Waals surface area (Å²) in [5.74, 6) is 1.20. The Morgan fingerprint density at radius 3 is 2.26 bits per heavy atom. The van der Waals surface area contributed by atoms with Crippen LogP contribution in [0.25, 0.3) is 0 Å². The van der Waals surface area contributed by atoms with Crippen LogP contribution in [0.4, 0.5) is 4.79 Å². The van der Waals surface area contributed by atoms with Crippen molar-refractivity contribution < 1.29 is 18.8 Å². The van der Waals surface area contributed by atoms with Gasteiger partial charge in [-0.25, -0.2) is 4.79 Å². The van der Waals surface area contributed by atoms with Crippen molar-refractivity contribution in [2.75, 3.05) is 6.54 Å². The first-order chi connectivity index (χ1) is 14.4. The Hall–Kier alpha value is -2.12. The molecule has 31 heavy (non-hydrogen) atoms. The lowest BCUT2D eigenvalue weighted by atomic mass is 9.90. The number of nitrogens with one attached hydrogen (secondary N) is 2. The van der Waals surface area contributed by atoms with E-state index in [-0.39, 0.29) is 11.3 Å². The van der Waals surface area contributed by atoms with E-state index in [1.165, 1.54) is 0 Å². The van der Waals surface area contributed by atoms with Crippen molar-refractivity contribution in [3.05, 3.63) is 11.7 Å². The van der Waals surface area contributed by atoms with Crippen molar-refractivity contribution in [2.24, 2.45) is 0 Å². The minimum absolute atomic E-state index is 0.0369. The Kier molecular flexibility index (Phi) is 8.49. The largest absolute Gasteiger partial charge is 0.444 e. The number of hydrogen-bond donors (Lipinski definition) is 2. The Labute approximate surface area is 186 Å². The lowest BCUT2D eigenvalue weighted by Crippen LogP contribution is -2.56. The van der Waals surface area contributed by atoms with Gasteiger partial charge in [0.15, 0.2) is 5.82 Å². The molecule has 2 amide bonds. The molecular formula is C23H40N4O4. The molecule has 176 valence electrons. The van der Waals surface area contributed by atoms with Crippen LogP contribution >= 0.6 is 0 Å². The third kappa shape index (κ3) is 8.87. The molecule has 2 rings (SSSR count). The summed E-state index contributed by atoms with van der Waals surface area (Å²) in [5, 5.41) is 10.1. The maximum atomic E-state index is 12.5. The maximum absolute atomic E-state index is 12.5. The lowest BCUT2D eigenvalue weighted by Gasteiger charge is -2.35. The van der Waals surface area contributed by atoms with Gasteiger partial charge in [-0.1, -0.05) is 51.6 Å². The summed E-state index contributed by atoms with van der Waals surface area (Å²) < 4.78 is 10.8. The van der Waals surface area contributed by atoms with Gasteiger partial charge in [0, 0.05) is 24.8 Å². The van der Waals surface area contributed by atoms with Crippen molar-refractivity contribution >= 4 is 12.0 Å². The summed E-state index contributed by atoms with van der Waals surface area (Å²) in [6.07, 6.45) is 7.16. The van der Waals surface area contributed by atoms with Crippen LogP contribution in [-0.4, -0.2) is 39.8 Å². The quantitative estimate of drug-likeness (QED) is 0.613. The monoisotopic (exact) mass is 436 g/mol. The molecule has 1 saturated carbocycles. The molecule has 0 radical (unpaired) electrons. The molecule has 8 nitrogen and oxygen atoms in total. The van der Waals surface area contributed by atoms with Crippen LogP contribution in [0, 0.1) is 0 Å². The lowest BCUT2D eigenvalue weighted by molar-refractivity contribution is -0.121. The highest BCUT2D eigenvalue weighted by atomic mass is 16.6. The molecule has 0 spiro atoms. The van der Waals surface area contributed by atoms with E-state index in [9.17, 15) is 9.59 Å². The second-order valence-corrected chi connectivity index (χ2v) is 10.7. The number of nitrogens with zero attached hydrogens (tertiary/aromatic N) is 2. The molecule has 1 fully saturated rings. The Morgan fingerprint density at radius 1 is 1.06 bits per heavy atom. The molecule has 1 aromatic rings. The molecule has 2 N–H and O–H groups in total. The van der Waals surface area contributed by atoms with E-state index in [2.05, 4.69) is 20.8 Å². The summed E-state index contributed by atoms with van der Waals surface area (Å²) >= 11 is 0. The minimum atomic E-state index is -0.555. The Balaban J connectivity index is 1.85. The molecule has 1 heterocycles. The number of amides is 2. The van der Waals surface area contributed by atoms with Crippen molar-refractivity contribution in [2.45, 2.75) is 116 Å². The number of carbonyl (C=O) groups excluding carboxylic acids is 2. The number of alkyl carbamates (subject to hydrolysis) is 1. The van der Waals surface area contributed by atoms with Crippen LogP contribution < -0.4 is 10.6 Å².